The Morgan fingerprint density at radius 3 is 2.69 bits per heavy atom. The molecule has 1 unspecified atom stereocenters. The Hall–Kier alpha value is -1.00. The van der Waals surface area contributed by atoms with Gasteiger partial charge in [-0.3, -0.25) is 0 Å². The normalized spacial score (nSPS) is 13.1. The Bertz CT molecular complexity index is 531. The molecule has 86 valence electrons. The number of hydrogen-bond donors (Lipinski definition) is 2. The molecule has 4 heteroatoms. The smallest absolute Gasteiger partial charge is 0.142 e. The van der Waals surface area contributed by atoms with Crippen molar-refractivity contribution in [3.8, 4) is 5.75 Å². The number of nitrogens with one attached hydrogen (secondary N) is 1. The molecule has 16 heavy (non-hydrogen) atoms. The van der Waals surface area contributed by atoms with Crippen LogP contribution in [0.25, 0.3) is 10.9 Å². The van der Waals surface area contributed by atoms with Gasteiger partial charge in [0, 0.05) is 21.6 Å². The summed E-state index contributed by atoms with van der Waals surface area (Å²) in [4.78, 5) is 3.33. The second-order valence-corrected chi connectivity index (χ2v) is 4.77. The predicted molar refractivity (Wildman–Crippen MR) is 69.9 cm³/mol. The first-order valence-corrected chi connectivity index (χ1v) is 5.95. The Morgan fingerprint density at radius 2 is 2.12 bits per heavy atom. The lowest BCUT2D eigenvalue weighted by atomic mass is 10.1. The molecule has 2 rings (SSSR count). The number of halogens is 1. The van der Waals surface area contributed by atoms with Gasteiger partial charge >= 0.3 is 0 Å². The Balaban J connectivity index is 2.83. The number of benzene rings is 1. The highest BCUT2D eigenvalue weighted by molar-refractivity contribution is 9.10. The zero-order valence-electron chi connectivity index (χ0n) is 9.60. The third kappa shape index (κ3) is 1.62. The first-order chi connectivity index (χ1) is 7.56. The van der Waals surface area contributed by atoms with E-state index in [1.165, 1.54) is 5.56 Å². The molecule has 3 nitrogen and oxygen atoms in total. The minimum Gasteiger partial charge on any atom is -0.495 e. The highest BCUT2D eigenvalue weighted by Gasteiger charge is 2.16. The monoisotopic (exact) mass is 282 g/mol. The molecule has 0 fully saturated rings. The molecule has 1 aromatic heterocycles. The van der Waals surface area contributed by atoms with Gasteiger partial charge in [-0.1, -0.05) is 6.07 Å². The van der Waals surface area contributed by atoms with Gasteiger partial charge in [0.25, 0.3) is 0 Å². The summed E-state index contributed by atoms with van der Waals surface area (Å²) in [7, 11) is 1.67. The number of ether oxygens (including phenoxy) is 1. The van der Waals surface area contributed by atoms with Crippen LogP contribution in [0.4, 0.5) is 0 Å². The number of aromatic nitrogens is 1. The van der Waals surface area contributed by atoms with Crippen molar-refractivity contribution in [2.24, 2.45) is 5.73 Å². The van der Waals surface area contributed by atoms with Crippen molar-refractivity contribution in [3.63, 3.8) is 0 Å². The van der Waals surface area contributed by atoms with Gasteiger partial charge in [0.15, 0.2) is 0 Å². The molecule has 0 radical (unpaired) electrons. The molecule has 0 aliphatic carbocycles. The fourth-order valence-electron chi connectivity index (χ4n) is 1.90. The Kier molecular flexibility index (Phi) is 2.95. The van der Waals surface area contributed by atoms with E-state index in [9.17, 15) is 0 Å². The first kappa shape index (κ1) is 11.5. The molecule has 0 saturated heterocycles. The minimum absolute atomic E-state index is 0.0362. The number of nitrogens with two attached hydrogens (primary N) is 1. The molecule has 1 heterocycles. The van der Waals surface area contributed by atoms with E-state index in [4.69, 9.17) is 10.5 Å². The van der Waals surface area contributed by atoms with Crippen molar-refractivity contribution < 1.29 is 4.74 Å². The van der Waals surface area contributed by atoms with Crippen molar-refractivity contribution in [3.05, 3.63) is 27.9 Å². The summed E-state index contributed by atoms with van der Waals surface area (Å²) in [6.07, 6.45) is 0. The second kappa shape index (κ2) is 4.11. The van der Waals surface area contributed by atoms with Crippen LogP contribution in [0.5, 0.6) is 5.75 Å². The van der Waals surface area contributed by atoms with Gasteiger partial charge in [-0.15, -0.1) is 0 Å². The van der Waals surface area contributed by atoms with E-state index in [0.29, 0.717) is 0 Å². The fourth-order valence-corrected chi connectivity index (χ4v) is 2.87. The van der Waals surface area contributed by atoms with Gasteiger partial charge in [-0.2, -0.15) is 0 Å². The summed E-state index contributed by atoms with van der Waals surface area (Å²) in [5, 5.41) is 1.15. The molecule has 0 spiro atoms. The quantitative estimate of drug-likeness (QED) is 0.888. The summed E-state index contributed by atoms with van der Waals surface area (Å²) < 4.78 is 6.37. The van der Waals surface area contributed by atoms with Crippen LogP contribution in [-0.4, -0.2) is 12.1 Å². The number of fused-ring (bicyclic) bond motifs is 1. The molecular weight excluding hydrogens is 268 g/mol. The van der Waals surface area contributed by atoms with E-state index in [-0.39, 0.29) is 6.04 Å². The van der Waals surface area contributed by atoms with Crippen LogP contribution in [0.2, 0.25) is 0 Å². The summed E-state index contributed by atoms with van der Waals surface area (Å²) >= 11 is 3.60. The largest absolute Gasteiger partial charge is 0.495 e. The SMILES string of the molecule is COc1ccc(C)c2c(Br)c(C(C)N)[nH]c12. The molecular formula is C12H15BrN2O. The summed E-state index contributed by atoms with van der Waals surface area (Å²) in [5.41, 5.74) is 9.12. The number of aryl methyl sites for hydroxylation is 1. The van der Waals surface area contributed by atoms with Crippen LogP contribution in [0.3, 0.4) is 0 Å². The van der Waals surface area contributed by atoms with Crippen molar-refractivity contribution >= 4 is 26.8 Å². The Labute approximate surface area is 103 Å². The van der Waals surface area contributed by atoms with Gasteiger partial charge in [-0.25, -0.2) is 0 Å². The molecule has 0 amide bonds. The molecule has 2 aromatic rings. The first-order valence-electron chi connectivity index (χ1n) is 5.16. The van der Waals surface area contributed by atoms with Crippen LogP contribution in [-0.2, 0) is 0 Å². The topological polar surface area (TPSA) is 51.0 Å². The van der Waals surface area contributed by atoms with E-state index in [1.54, 1.807) is 7.11 Å². The summed E-state index contributed by atoms with van der Waals surface area (Å²) in [6.45, 7) is 4.03. The molecule has 0 aliphatic rings. The highest BCUT2D eigenvalue weighted by Crippen LogP contribution is 2.37. The van der Waals surface area contributed by atoms with Gasteiger partial charge in [0.1, 0.15) is 5.75 Å². The van der Waals surface area contributed by atoms with Crippen molar-refractivity contribution in [2.75, 3.05) is 7.11 Å². The molecule has 0 aliphatic heterocycles. The van der Waals surface area contributed by atoms with Gasteiger partial charge < -0.3 is 15.5 Å². The maximum atomic E-state index is 5.92. The standard InChI is InChI=1S/C12H15BrN2O/c1-6-4-5-8(16-3)12-9(6)10(13)11(15-12)7(2)14/h4-5,7,15H,14H2,1-3H3. The molecule has 1 atom stereocenters. The Morgan fingerprint density at radius 1 is 1.44 bits per heavy atom. The third-order valence-electron chi connectivity index (χ3n) is 2.77. The fraction of sp³-hybridized carbons (Fsp3) is 0.333. The van der Waals surface area contributed by atoms with E-state index in [0.717, 1.165) is 26.8 Å². The number of methoxy groups -OCH3 is 1. The van der Waals surface area contributed by atoms with Crippen LogP contribution < -0.4 is 10.5 Å². The second-order valence-electron chi connectivity index (χ2n) is 3.98. The predicted octanol–water partition coefficient (Wildman–Crippen LogP) is 3.27. The molecule has 3 N–H and O–H groups in total. The van der Waals surface area contributed by atoms with E-state index < -0.39 is 0 Å². The van der Waals surface area contributed by atoms with Crippen molar-refractivity contribution in [1.29, 1.82) is 0 Å². The van der Waals surface area contributed by atoms with E-state index >= 15 is 0 Å². The van der Waals surface area contributed by atoms with Crippen LogP contribution in [0.1, 0.15) is 24.2 Å². The molecule has 1 aromatic carbocycles. The van der Waals surface area contributed by atoms with E-state index in [1.807, 2.05) is 19.1 Å². The number of H-pyrrole nitrogens is 1. The lowest BCUT2D eigenvalue weighted by Gasteiger charge is -2.03. The maximum absolute atomic E-state index is 5.92. The van der Waals surface area contributed by atoms with Crippen LogP contribution >= 0.6 is 15.9 Å². The third-order valence-corrected chi connectivity index (χ3v) is 3.59. The van der Waals surface area contributed by atoms with Crippen molar-refractivity contribution in [2.45, 2.75) is 19.9 Å². The number of hydrogen-bond acceptors (Lipinski definition) is 2. The minimum atomic E-state index is -0.0362. The van der Waals surface area contributed by atoms with Crippen LogP contribution in [0.15, 0.2) is 16.6 Å². The summed E-state index contributed by atoms with van der Waals surface area (Å²) in [6, 6.07) is 3.97. The number of rotatable bonds is 2. The lowest BCUT2D eigenvalue weighted by molar-refractivity contribution is 0.419. The zero-order valence-corrected chi connectivity index (χ0v) is 11.2. The van der Waals surface area contributed by atoms with Gasteiger partial charge in [0.05, 0.1) is 12.6 Å². The lowest BCUT2D eigenvalue weighted by Crippen LogP contribution is -2.05. The van der Waals surface area contributed by atoms with Gasteiger partial charge in [0.2, 0.25) is 0 Å². The van der Waals surface area contributed by atoms with Crippen LogP contribution in [0, 0.1) is 6.92 Å². The summed E-state index contributed by atoms with van der Waals surface area (Å²) in [5.74, 6) is 0.841. The maximum Gasteiger partial charge on any atom is 0.142 e. The number of aromatic amines is 1. The van der Waals surface area contributed by atoms with Crippen molar-refractivity contribution in [1.82, 2.24) is 4.98 Å². The average Bonchev–Trinajstić information content (AvgIpc) is 2.58. The molecule has 0 saturated carbocycles. The highest BCUT2D eigenvalue weighted by atomic mass is 79.9. The zero-order chi connectivity index (χ0) is 11.9. The molecule has 0 bridgehead atoms. The van der Waals surface area contributed by atoms with E-state index in [2.05, 4.69) is 27.8 Å². The van der Waals surface area contributed by atoms with Gasteiger partial charge in [-0.05, 0) is 41.4 Å². The average molecular weight is 283 g/mol.